The first-order chi connectivity index (χ1) is 11.2. The minimum Gasteiger partial charge on any atom is -0.352 e. The smallest absolute Gasteiger partial charge is 0.332 e. The number of carbonyl (C=O) groups excluding carboxylic acids is 3. The lowest BCUT2D eigenvalue weighted by Crippen LogP contribution is -2.45. The summed E-state index contributed by atoms with van der Waals surface area (Å²) in [7, 11) is 0. The Labute approximate surface area is 142 Å². The zero-order chi connectivity index (χ0) is 18.0. The number of benzene rings is 1. The summed E-state index contributed by atoms with van der Waals surface area (Å²) in [5, 5.41) is 2.82. The molecule has 0 radical (unpaired) electrons. The molecule has 1 saturated heterocycles. The monoisotopic (exact) mass is 331 g/mol. The van der Waals surface area contributed by atoms with Crippen molar-refractivity contribution in [2.24, 2.45) is 5.92 Å². The summed E-state index contributed by atoms with van der Waals surface area (Å²) in [4.78, 5) is 39.6. The molecule has 2 unspecified atom stereocenters. The van der Waals surface area contributed by atoms with Gasteiger partial charge in [-0.25, -0.2) is 4.79 Å². The number of amides is 4. The Bertz CT molecular complexity index is 639. The quantitative estimate of drug-likeness (QED) is 0.842. The fourth-order valence-electron chi connectivity index (χ4n) is 2.52. The van der Waals surface area contributed by atoms with Gasteiger partial charge in [0.25, 0.3) is 5.91 Å². The van der Waals surface area contributed by atoms with Crippen molar-refractivity contribution in [2.45, 2.75) is 46.7 Å². The standard InChI is InChI=1S/C18H25N3O3/c1-11(2)13(4)19-16(22)10-20-17(23)14(5)21(18(20)24)15-8-6-12(3)7-9-15/h6-9,11,13-14H,10H2,1-5H3,(H,19,22). The predicted molar refractivity (Wildman–Crippen MR) is 92.7 cm³/mol. The predicted octanol–water partition coefficient (Wildman–Crippen LogP) is 2.31. The minimum absolute atomic E-state index is 0.0177. The number of nitrogens with zero attached hydrogens (tertiary/aromatic N) is 2. The molecule has 1 N–H and O–H groups in total. The van der Waals surface area contributed by atoms with Crippen molar-refractivity contribution in [1.29, 1.82) is 0 Å². The van der Waals surface area contributed by atoms with E-state index in [1.165, 1.54) is 4.90 Å². The molecule has 1 aromatic rings. The molecule has 2 atom stereocenters. The fraction of sp³-hybridized carbons (Fsp3) is 0.500. The van der Waals surface area contributed by atoms with Crippen LogP contribution in [0.2, 0.25) is 0 Å². The molecule has 2 rings (SSSR count). The Balaban J connectivity index is 2.12. The van der Waals surface area contributed by atoms with E-state index < -0.39 is 12.1 Å². The first-order valence-corrected chi connectivity index (χ1v) is 8.23. The number of hydrogen-bond donors (Lipinski definition) is 1. The number of imide groups is 1. The van der Waals surface area contributed by atoms with Crippen molar-refractivity contribution in [3.05, 3.63) is 29.8 Å². The third-order valence-corrected chi connectivity index (χ3v) is 4.45. The van der Waals surface area contributed by atoms with Crippen molar-refractivity contribution in [3.8, 4) is 0 Å². The lowest BCUT2D eigenvalue weighted by atomic mass is 10.1. The van der Waals surface area contributed by atoms with Gasteiger partial charge in [-0.1, -0.05) is 31.5 Å². The van der Waals surface area contributed by atoms with E-state index >= 15 is 0 Å². The molecule has 4 amide bonds. The van der Waals surface area contributed by atoms with Gasteiger partial charge in [0.2, 0.25) is 5.91 Å². The van der Waals surface area contributed by atoms with Crippen molar-refractivity contribution < 1.29 is 14.4 Å². The van der Waals surface area contributed by atoms with Crippen LogP contribution in [-0.4, -0.2) is 41.4 Å². The molecule has 0 aromatic heterocycles. The number of carbonyl (C=O) groups is 3. The SMILES string of the molecule is Cc1ccc(N2C(=O)N(CC(=O)NC(C)C(C)C)C(=O)C2C)cc1. The Morgan fingerprint density at radius 1 is 1.17 bits per heavy atom. The molecule has 1 heterocycles. The van der Waals surface area contributed by atoms with Crippen LogP contribution in [0.1, 0.15) is 33.3 Å². The molecule has 130 valence electrons. The van der Waals surface area contributed by atoms with Crippen LogP contribution in [0, 0.1) is 12.8 Å². The Kier molecular flexibility index (Phi) is 5.26. The zero-order valence-electron chi connectivity index (χ0n) is 14.9. The van der Waals surface area contributed by atoms with Crippen molar-refractivity contribution >= 4 is 23.5 Å². The summed E-state index contributed by atoms with van der Waals surface area (Å²) < 4.78 is 0. The topological polar surface area (TPSA) is 69.7 Å². The van der Waals surface area contributed by atoms with Gasteiger partial charge in [0.05, 0.1) is 0 Å². The van der Waals surface area contributed by atoms with Gasteiger partial charge < -0.3 is 5.32 Å². The highest BCUT2D eigenvalue weighted by molar-refractivity contribution is 6.15. The molecule has 1 aliphatic heterocycles. The van der Waals surface area contributed by atoms with Gasteiger partial charge in [-0.2, -0.15) is 0 Å². The van der Waals surface area contributed by atoms with Crippen LogP contribution in [0.25, 0.3) is 0 Å². The second-order valence-corrected chi connectivity index (χ2v) is 6.69. The molecular weight excluding hydrogens is 306 g/mol. The molecule has 1 aromatic carbocycles. The van der Waals surface area contributed by atoms with Gasteiger partial charge in [0.15, 0.2) is 0 Å². The van der Waals surface area contributed by atoms with E-state index in [4.69, 9.17) is 0 Å². The molecule has 0 aliphatic carbocycles. The van der Waals surface area contributed by atoms with Crippen LogP contribution in [0.15, 0.2) is 24.3 Å². The molecule has 1 fully saturated rings. The number of nitrogens with one attached hydrogen (secondary N) is 1. The van der Waals surface area contributed by atoms with E-state index in [-0.39, 0.29) is 30.3 Å². The molecular formula is C18H25N3O3. The molecule has 0 spiro atoms. The maximum Gasteiger partial charge on any atom is 0.332 e. The number of hydrogen-bond acceptors (Lipinski definition) is 3. The van der Waals surface area contributed by atoms with Crippen molar-refractivity contribution in [1.82, 2.24) is 10.2 Å². The summed E-state index contributed by atoms with van der Waals surface area (Å²) in [6.45, 7) is 9.28. The van der Waals surface area contributed by atoms with E-state index in [1.807, 2.05) is 39.8 Å². The van der Waals surface area contributed by atoms with Crippen LogP contribution in [0.5, 0.6) is 0 Å². The first kappa shape index (κ1) is 18.0. The van der Waals surface area contributed by atoms with E-state index in [9.17, 15) is 14.4 Å². The van der Waals surface area contributed by atoms with Crippen LogP contribution >= 0.6 is 0 Å². The van der Waals surface area contributed by atoms with Gasteiger partial charge in [-0.05, 0) is 38.8 Å². The fourth-order valence-corrected chi connectivity index (χ4v) is 2.52. The third kappa shape index (κ3) is 3.58. The second kappa shape index (κ2) is 7.03. The lowest BCUT2D eigenvalue weighted by molar-refractivity contribution is -0.132. The third-order valence-electron chi connectivity index (χ3n) is 4.45. The highest BCUT2D eigenvalue weighted by Crippen LogP contribution is 2.25. The molecule has 6 nitrogen and oxygen atoms in total. The molecule has 0 bridgehead atoms. The van der Waals surface area contributed by atoms with Crippen LogP contribution in [0.4, 0.5) is 10.5 Å². The number of aryl methyl sites for hydroxylation is 1. The Hall–Kier alpha value is -2.37. The summed E-state index contributed by atoms with van der Waals surface area (Å²) >= 11 is 0. The minimum atomic E-state index is -0.615. The summed E-state index contributed by atoms with van der Waals surface area (Å²) in [6, 6.07) is 6.30. The van der Waals surface area contributed by atoms with E-state index in [0.29, 0.717) is 5.69 Å². The van der Waals surface area contributed by atoms with Gasteiger partial charge >= 0.3 is 6.03 Å². The normalized spacial score (nSPS) is 19.2. The zero-order valence-corrected chi connectivity index (χ0v) is 14.9. The summed E-state index contributed by atoms with van der Waals surface area (Å²) in [6.07, 6.45) is 0. The van der Waals surface area contributed by atoms with Gasteiger partial charge in [-0.3, -0.25) is 19.4 Å². The summed E-state index contributed by atoms with van der Waals surface area (Å²) in [5.41, 5.74) is 1.73. The number of rotatable bonds is 5. The van der Waals surface area contributed by atoms with Gasteiger partial charge in [0, 0.05) is 11.7 Å². The highest BCUT2D eigenvalue weighted by Gasteiger charge is 2.44. The molecule has 6 heteroatoms. The van der Waals surface area contributed by atoms with Crippen LogP contribution < -0.4 is 10.2 Å². The van der Waals surface area contributed by atoms with Gasteiger partial charge in [0.1, 0.15) is 12.6 Å². The molecule has 1 aliphatic rings. The van der Waals surface area contributed by atoms with Crippen LogP contribution in [0.3, 0.4) is 0 Å². The average Bonchev–Trinajstić information content (AvgIpc) is 2.72. The lowest BCUT2D eigenvalue weighted by Gasteiger charge is -2.21. The second-order valence-electron chi connectivity index (χ2n) is 6.69. The van der Waals surface area contributed by atoms with Crippen molar-refractivity contribution in [2.75, 3.05) is 11.4 Å². The average molecular weight is 331 g/mol. The maximum absolute atomic E-state index is 12.6. The first-order valence-electron chi connectivity index (χ1n) is 8.23. The Morgan fingerprint density at radius 3 is 2.29 bits per heavy atom. The van der Waals surface area contributed by atoms with E-state index in [1.54, 1.807) is 19.1 Å². The van der Waals surface area contributed by atoms with E-state index in [0.717, 1.165) is 10.5 Å². The van der Waals surface area contributed by atoms with Gasteiger partial charge in [-0.15, -0.1) is 0 Å². The highest BCUT2D eigenvalue weighted by atomic mass is 16.2. The molecule has 24 heavy (non-hydrogen) atoms. The van der Waals surface area contributed by atoms with E-state index in [2.05, 4.69) is 5.32 Å². The van der Waals surface area contributed by atoms with Crippen molar-refractivity contribution in [3.63, 3.8) is 0 Å². The van der Waals surface area contributed by atoms with Crippen LogP contribution in [-0.2, 0) is 9.59 Å². The largest absolute Gasteiger partial charge is 0.352 e. The number of urea groups is 1. The maximum atomic E-state index is 12.6. The summed E-state index contributed by atoms with van der Waals surface area (Å²) in [5.74, 6) is -0.398. The number of anilines is 1. The Morgan fingerprint density at radius 2 is 1.75 bits per heavy atom. The molecule has 0 saturated carbocycles.